The average Bonchev–Trinajstić information content (AvgIpc) is 2.83. The van der Waals surface area contributed by atoms with Crippen molar-refractivity contribution >= 4 is 15.7 Å². The number of sulfonamides is 1. The van der Waals surface area contributed by atoms with Crippen LogP contribution >= 0.6 is 0 Å². The van der Waals surface area contributed by atoms with Gasteiger partial charge in [-0.15, -0.1) is 0 Å². The van der Waals surface area contributed by atoms with Gasteiger partial charge in [0.2, 0.25) is 10.0 Å². The molecule has 0 aliphatic carbocycles. The van der Waals surface area contributed by atoms with E-state index in [2.05, 4.69) is 0 Å². The fraction of sp³-hybridized carbons (Fsp3) is 0.500. The number of nitrogens with two attached hydrogens (primary N) is 1. The number of hydrogen-bond donors (Lipinski definition) is 1. The Morgan fingerprint density at radius 3 is 2.75 bits per heavy atom. The lowest BCUT2D eigenvalue weighted by Gasteiger charge is -2.17. The third kappa shape index (κ3) is 2.77. The molecule has 0 spiro atoms. The molecule has 8 heteroatoms. The summed E-state index contributed by atoms with van der Waals surface area (Å²) in [4.78, 5) is -0.588. The van der Waals surface area contributed by atoms with Crippen LogP contribution in [0, 0.1) is 17.6 Å². The summed E-state index contributed by atoms with van der Waals surface area (Å²) < 4.78 is 57.6. The lowest BCUT2D eigenvalue weighted by molar-refractivity contribution is 0.157. The van der Waals surface area contributed by atoms with Gasteiger partial charge in [-0.05, 0) is 18.4 Å². The first-order valence-corrected chi connectivity index (χ1v) is 7.54. The Labute approximate surface area is 116 Å². The molecular weight excluding hydrogens is 290 g/mol. The van der Waals surface area contributed by atoms with Gasteiger partial charge in [-0.25, -0.2) is 17.2 Å². The van der Waals surface area contributed by atoms with Gasteiger partial charge in [0.1, 0.15) is 16.5 Å². The van der Waals surface area contributed by atoms with Crippen LogP contribution in [0.15, 0.2) is 17.0 Å². The SMILES string of the molecule is COCC1CCN(S(=O)(=O)c2cc(N)c(F)cc2F)C1. The van der Waals surface area contributed by atoms with E-state index in [1.807, 2.05) is 0 Å². The molecule has 1 unspecified atom stereocenters. The highest BCUT2D eigenvalue weighted by molar-refractivity contribution is 7.89. The molecule has 5 nitrogen and oxygen atoms in total. The van der Waals surface area contributed by atoms with Crippen molar-refractivity contribution in [3.05, 3.63) is 23.8 Å². The molecule has 1 atom stereocenters. The number of ether oxygens (including phenoxy) is 1. The van der Waals surface area contributed by atoms with Crippen LogP contribution in [0.3, 0.4) is 0 Å². The van der Waals surface area contributed by atoms with Crippen molar-refractivity contribution in [2.24, 2.45) is 5.92 Å². The Morgan fingerprint density at radius 1 is 1.40 bits per heavy atom. The van der Waals surface area contributed by atoms with E-state index in [9.17, 15) is 17.2 Å². The second-order valence-corrected chi connectivity index (χ2v) is 6.68. The smallest absolute Gasteiger partial charge is 0.246 e. The van der Waals surface area contributed by atoms with Gasteiger partial charge in [-0.3, -0.25) is 0 Å². The van der Waals surface area contributed by atoms with E-state index in [1.54, 1.807) is 0 Å². The number of anilines is 1. The zero-order valence-electron chi connectivity index (χ0n) is 11.0. The predicted molar refractivity (Wildman–Crippen MR) is 69.5 cm³/mol. The number of methoxy groups -OCH3 is 1. The predicted octanol–water partition coefficient (Wildman–Crippen LogP) is 1.20. The molecule has 0 bridgehead atoms. The maximum atomic E-state index is 13.7. The van der Waals surface area contributed by atoms with E-state index >= 15 is 0 Å². The molecule has 0 aromatic heterocycles. The zero-order chi connectivity index (χ0) is 14.9. The van der Waals surface area contributed by atoms with Crippen molar-refractivity contribution in [2.45, 2.75) is 11.3 Å². The first-order chi connectivity index (χ1) is 9.36. The van der Waals surface area contributed by atoms with E-state index in [1.165, 1.54) is 11.4 Å². The van der Waals surface area contributed by atoms with Crippen LogP contribution in [0.1, 0.15) is 6.42 Å². The van der Waals surface area contributed by atoms with E-state index in [0.29, 0.717) is 19.1 Å². The van der Waals surface area contributed by atoms with Crippen molar-refractivity contribution in [1.29, 1.82) is 0 Å². The van der Waals surface area contributed by atoms with Gasteiger partial charge in [0.15, 0.2) is 0 Å². The summed E-state index contributed by atoms with van der Waals surface area (Å²) in [6.45, 7) is 0.986. The van der Waals surface area contributed by atoms with Crippen LogP contribution in [-0.2, 0) is 14.8 Å². The van der Waals surface area contributed by atoms with Gasteiger partial charge < -0.3 is 10.5 Å². The quantitative estimate of drug-likeness (QED) is 0.849. The molecule has 0 radical (unpaired) electrons. The molecule has 112 valence electrons. The summed E-state index contributed by atoms with van der Waals surface area (Å²) in [5.41, 5.74) is 4.92. The van der Waals surface area contributed by atoms with Gasteiger partial charge in [0, 0.05) is 26.3 Å². The minimum Gasteiger partial charge on any atom is -0.396 e. The topological polar surface area (TPSA) is 72.6 Å². The first kappa shape index (κ1) is 15.1. The normalized spacial score (nSPS) is 20.4. The van der Waals surface area contributed by atoms with E-state index < -0.39 is 32.2 Å². The Bertz CT molecular complexity index is 607. The molecule has 2 N–H and O–H groups in total. The number of benzene rings is 1. The fourth-order valence-corrected chi connectivity index (χ4v) is 3.88. The standard InChI is InChI=1S/C12H16F2N2O3S/c1-19-7-8-2-3-16(6-8)20(17,18)12-5-11(15)9(13)4-10(12)14/h4-5,8H,2-3,6-7,15H2,1H3. The summed E-state index contributed by atoms with van der Waals surface area (Å²) in [6.07, 6.45) is 0.644. The Balaban J connectivity index is 2.30. The van der Waals surface area contributed by atoms with Crippen molar-refractivity contribution in [2.75, 3.05) is 32.5 Å². The number of rotatable bonds is 4. The molecule has 1 aromatic carbocycles. The molecule has 0 amide bonds. The molecule has 20 heavy (non-hydrogen) atoms. The molecule has 0 saturated carbocycles. The molecule has 1 fully saturated rings. The Kier molecular flexibility index (Phi) is 4.26. The molecule has 2 rings (SSSR count). The monoisotopic (exact) mass is 306 g/mol. The third-order valence-electron chi connectivity index (χ3n) is 3.32. The summed E-state index contributed by atoms with van der Waals surface area (Å²) in [6, 6.07) is 1.31. The van der Waals surface area contributed by atoms with E-state index in [0.717, 1.165) is 6.07 Å². The first-order valence-electron chi connectivity index (χ1n) is 6.10. The molecule has 1 heterocycles. The van der Waals surface area contributed by atoms with Gasteiger partial charge in [-0.1, -0.05) is 0 Å². The third-order valence-corrected chi connectivity index (χ3v) is 5.20. The summed E-state index contributed by atoms with van der Waals surface area (Å²) in [5.74, 6) is -2.03. The summed E-state index contributed by atoms with van der Waals surface area (Å²) in [7, 11) is -2.46. The minimum absolute atomic E-state index is 0.0793. The summed E-state index contributed by atoms with van der Waals surface area (Å²) in [5, 5.41) is 0. The van der Waals surface area contributed by atoms with Crippen LogP contribution in [0.4, 0.5) is 14.5 Å². The van der Waals surface area contributed by atoms with Crippen molar-refractivity contribution < 1.29 is 21.9 Å². The van der Waals surface area contributed by atoms with Gasteiger partial charge in [0.05, 0.1) is 12.3 Å². The number of halogens is 2. The largest absolute Gasteiger partial charge is 0.396 e. The van der Waals surface area contributed by atoms with E-state index in [4.69, 9.17) is 10.5 Å². The van der Waals surface area contributed by atoms with Crippen LogP contribution in [0.2, 0.25) is 0 Å². The second-order valence-electron chi connectivity index (χ2n) is 4.78. The van der Waals surface area contributed by atoms with Crippen LogP contribution in [0.25, 0.3) is 0 Å². The van der Waals surface area contributed by atoms with Gasteiger partial charge in [0.25, 0.3) is 0 Å². The number of nitrogens with zero attached hydrogens (tertiary/aromatic N) is 1. The van der Waals surface area contributed by atoms with Crippen LogP contribution < -0.4 is 5.73 Å². The summed E-state index contributed by atoms with van der Waals surface area (Å²) >= 11 is 0. The Hall–Kier alpha value is -1.25. The van der Waals surface area contributed by atoms with Gasteiger partial charge >= 0.3 is 0 Å². The highest BCUT2D eigenvalue weighted by atomic mass is 32.2. The highest BCUT2D eigenvalue weighted by Crippen LogP contribution is 2.28. The lowest BCUT2D eigenvalue weighted by atomic mass is 10.1. The van der Waals surface area contributed by atoms with Crippen molar-refractivity contribution in [1.82, 2.24) is 4.31 Å². The van der Waals surface area contributed by atoms with Crippen molar-refractivity contribution in [3.63, 3.8) is 0 Å². The fourth-order valence-electron chi connectivity index (χ4n) is 2.27. The molecule has 1 aliphatic rings. The number of hydrogen-bond acceptors (Lipinski definition) is 4. The maximum Gasteiger partial charge on any atom is 0.246 e. The molecule has 1 saturated heterocycles. The Morgan fingerprint density at radius 2 is 2.10 bits per heavy atom. The van der Waals surface area contributed by atoms with Crippen LogP contribution in [0.5, 0.6) is 0 Å². The van der Waals surface area contributed by atoms with Crippen LogP contribution in [-0.4, -0.2) is 39.5 Å². The lowest BCUT2D eigenvalue weighted by Crippen LogP contribution is -2.30. The molecule has 1 aromatic rings. The second kappa shape index (κ2) is 5.63. The maximum absolute atomic E-state index is 13.7. The van der Waals surface area contributed by atoms with Gasteiger partial charge in [-0.2, -0.15) is 4.31 Å². The average molecular weight is 306 g/mol. The number of nitrogen functional groups attached to an aromatic ring is 1. The molecular formula is C12H16F2N2O3S. The van der Waals surface area contributed by atoms with E-state index in [-0.39, 0.29) is 19.0 Å². The minimum atomic E-state index is -4.00. The van der Waals surface area contributed by atoms with Crippen molar-refractivity contribution in [3.8, 4) is 0 Å². The highest BCUT2D eigenvalue weighted by Gasteiger charge is 2.34. The zero-order valence-corrected chi connectivity index (χ0v) is 11.8. The molecule has 1 aliphatic heterocycles.